The van der Waals surface area contributed by atoms with E-state index in [1.54, 1.807) is 0 Å². The number of anilines is 1. The molecular formula is C18H19ClN2O. The van der Waals surface area contributed by atoms with Crippen molar-refractivity contribution in [1.82, 2.24) is 5.32 Å². The first-order valence-corrected chi connectivity index (χ1v) is 7.78. The summed E-state index contributed by atoms with van der Waals surface area (Å²) in [6, 6.07) is 13.5. The number of rotatable bonds is 3. The molecule has 114 valence electrons. The molecule has 0 unspecified atom stereocenters. The summed E-state index contributed by atoms with van der Waals surface area (Å²) in [6.45, 7) is 4.04. The minimum atomic E-state index is -0.243. The first-order chi connectivity index (χ1) is 10.5. The first kappa shape index (κ1) is 14.9. The smallest absolute Gasteiger partial charge is 0.319 e. The lowest BCUT2D eigenvalue weighted by atomic mass is 10.1. The highest BCUT2D eigenvalue weighted by atomic mass is 35.5. The number of urea groups is 1. The Morgan fingerprint density at radius 3 is 2.18 bits per heavy atom. The molecule has 0 bridgehead atoms. The fourth-order valence-electron chi connectivity index (χ4n) is 2.81. The summed E-state index contributed by atoms with van der Waals surface area (Å²) < 4.78 is 0. The Hall–Kier alpha value is -2.00. The number of carbonyl (C=O) groups is 1. The Bertz CT molecular complexity index is 685. The maximum atomic E-state index is 12.3. The highest BCUT2D eigenvalue weighted by Gasteiger charge is 2.45. The van der Waals surface area contributed by atoms with Crippen LogP contribution >= 0.6 is 11.6 Å². The third-order valence-corrected chi connectivity index (χ3v) is 4.23. The highest BCUT2D eigenvalue weighted by molar-refractivity contribution is 6.30. The Kier molecular flexibility index (Phi) is 3.83. The van der Waals surface area contributed by atoms with Crippen molar-refractivity contribution in [2.24, 2.45) is 0 Å². The van der Waals surface area contributed by atoms with Gasteiger partial charge in [-0.25, -0.2) is 4.79 Å². The second kappa shape index (κ2) is 5.65. The van der Waals surface area contributed by atoms with Crippen LogP contribution in [-0.2, 0) is 5.54 Å². The number of hydrogen-bond acceptors (Lipinski definition) is 1. The second-order valence-corrected chi connectivity index (χ2v) is 6.48. The van der Waals surface area contributed by atoms with Crippen LogP contribution in [0.5, 0.6) is 0 Å². The van der Waals surface area contributed by atoms with Gasteiger partial charge in [0.25, 0.3) is 0 Å². The van der Waals surface area contributed by atoms with Gasteiger partial charge in [0.05, 0.1) is 5.54 Å². The van der Waals surface area contributed by atoms with E-state index in [1.165, 1.54) is 0 Å². The van der Waals surface area contributed by atoms with Crippen molar-refractivity contribution >= 4 is 23.3 Å². The number of benzene rings is 2. The maximum absolute atomic E-state index is 12.3. The van der Waals surface area contributed by atoms with Gasteiger partial charge in [-0.3, -0.25) is 0 Å². The lowest BCUT2D eigenvalue weighted by molar-refractivity contribution is 0.247. The third kappa shape index (κ3) is 3.25. The monoisotopic (exact) mass is 314 g/mol. The molecule has 2 aromatic rings. The highest BCUT2D eigenvalue weighted by Crippen LogP contribution is 2.45. The molecule has 0 saturated heterocycles. The molecule has 22 heavy (non-hydrogen) atoms. The van der Waals surface area contributed by atoms with Crippen molar-refractivity contribution in [2.75, 3.05) is 5.32 Å². The molecule has 1 saturated carbocycles. The molecule has 3 nitrogen and oxygen atoms in total. The predicted molar refractivity (Wildman–Crippen MR) is 90.4 cm³/mol. The van der Waals surface area contributed by atoms with E-state index < -0.39 is 0 Å². The molecule has 0 atom stereocenters. The van der Waals surface area contributed by atoms with Crippen molar-refractivity contribution in [3.63, 3.8) is 0 Å². The molecule has 2 amide bonds. The Morgan fingerprint density at radius 1 is 1.05 bits per heavy atom. The van der Waals surface area contributed by atoms with Crippen LogP contribution in [-0.4, -0.2) is 6.03 Å². The summed E-state index contributed by atoms with van der Waals surface area (Å²) in [5.41, 5.74) is 3.95. The van der Waals surface area contributed by atoms with Gasteiger partial charge in [-0.15, -0.1) is 0 Å². The van der Waals surface area contributed by atoms with Crippen LogP contribution < -0.4 is 10.6 Å². The van der Waals surface area contributed by atoms with Crippen molar-refractivity contribution in [1.29, 1.82) is 0 Å². The molecule has 0 radical (unpaired) electrons. The van der Waals surface area contributed by atoms with Crippen LogP contribution in [0, 0.1) is 13.8 Å². The quantitative estimate of drug-likeness (QED) is 0.842. The fourth-order valence-corrected chi connectivity index (χ4v) is 2.93. The molecule has 4 heteroatoms. The summed E-state index contributed by atoms with van der Waals surface area (Å²) in [6.07, 6.45) is 1.91. The van der Waals surface area contributed by atoms with Crippen LogP contribution in [0.1, 0.15) is 29.5 Å². The lowest BCUT2D eigenvalue weighted by Gasteiger charge is -2.19. The van der Waals surface area contributed by atoms with E-state index in [0.717, 1.165) is 35.2 Å². The Labute approximate surface area is 135 Å². The SMILES string of the molecule is Cc1cc(C)cc(NC(=O)NC2(c3ccc(Cl)cc3)CC2)c1. The molecule has 0 spiro atoms. The van der Waals surface area contributed by atoms with Gasteiger partial charge < -0.3 is 10.6 Å². The summed E-state index contributed by atoms with van der Waals surface area (Å²) in [5.74, 6) is 0. The molecule has 0 aliphatic heterocycles. The van der Waals surface area contributed by atoms with Crippen LogP contribution in [0.25, 0.3) is 0 Å². The molecule has 2 aromatic carbocycles. The lowest BCUT2D eigenvalue weighted by Crippen LogP contribution is -2.38. The molecule has 2 N–H and O–H groups in total. The van der Waals surface area contributed by atoms with Gasteiger partial charge in [0, 0.05) is 10.7 Å². The molecule has 0 heterocycles. The molecule has 1 aliphatic rings. The second-order valence-electron chi connectivity index (χ2n) is 6.04. The fraction of sp³-hybridized carbons (Fsp3) is 0.278. The summed E-state index contributed by atoms with van der Waals surface area (Å²) in [4.78, 5) is 12.3. The van der Waals surface area contributed by atoms with Crippen molar-refractivity contribution in [3.8, 4) is 0 Å². The molecule has 1 aliphatic carbocycles. The average Bonchev–Trinajstić information content (AvgIpc) is 3.18. The topological polar surface area (TPSA) is 41.1 Å². The number of amides is 2. The first-order valence-electron chi connectivity index (χ1n) is 7.40. The molecular weight excluding hydrogens is 296 g/mol. The van der Waals surface area contributed by atoms with Crippen LogP contribution in [0.2, 0.25) is 5.02 Å². The van der Waals surface area contributed by atoms with E-state index in [4.69, 9.17) is 11.6 Å². The van der Waals surface area contributed by atoms with Gasteiger partial charge in [-0.2, -0.15) is 0 Å². The normalized spacial score (nSPS) is 15.2. The van der Waals surface area contributed by atoms with Gasteiger partial charge in [0.1, 0.15) is 0 Å². The van der Waals surface area contributed by atoms with E-state index in [1.807, 2.05) is 50.2 Å². The summed E-state index contributed by atoms with van der Waals surface area (Å²) >= 11 is 5.93. The van der Waals surface area contributed by atoms with Crippen LogP contribution in [0.15, 0.2) is 42.5 Å². The standard InChI is InChI=1S/C18H19ClN2O/c1-12-9-13(2)11-16(10-12)20-17(22)21-18(7-8-18)14-3-5-15(19)6-4-14/h3-6,9-11H,7-8H2,1-2H3,(H2,20,21,22). The van der Waals surface area contributed by atoms with Crippen molar-refractivity contribution < 1.29 is 4.79 Å². The number of carbonyl (C=O) groups excluding carboxylic acids is 1. The molecule has 3 rings (SSSR count). The molecule has 0 aromatic heterocycles. The van der Waals surface area contributed by atoms with Gasteiger partial charge in [0.15, 0.2) is 0 Å². The van der Waals surface area contributed by atoms with Crippen molar-refractivity contribution in [2.45, 2.75) is 32.2 Å². The van der Waals surface area contributed by atoms with E-state index in [0.29, 0.717) is 5.02 Å². The predicted octanol–water partition coefficient (Wildman–Crippen LogP) is 4.77. The molecule has 1 fully saturated rings. The Morgan fingerprint density at radius 2 is 1.64 bits per heavy atom. The van der Waals surface area contributed by atoms with E-state index in [2.05, 4.69) is 16.7 Å². The zero-order valence-corrected chi connectivity index (χ0v) is 13.5. The third-order valence-electron chi connectivity index (χ3n) is 3.98. The zero-order chi connectivity index (χ0) is 15.7. The number of aryl methyl sites for hydroxylation is 2. The zero-order valence-electron chi connectivity index (χ0n) is 12.7. The van der Waals surface area contributed by atoms with E-state index in [9.17, 15) is 4.79 Å². The van der Waals surface area contributed by atoms with Crippen molar-refractivity contribution in [3.05, 3.63) is 64.2 Å². The maximum Gasteiger partial charge on any atom is 0.319 e. The minimum absolute atomic E-state index is 0.169. The Balaban J connectivity index is 1.70. The number of hydrogen-bond donors (Lipinski definition) is 2. The summed E-state index contributed by atoms with van der Waals surface area (Å²) in [7, 11) is 0. The van der Waals surface area contributed by atoms with Gasteiger partial charge in [0.2, 0.25) is 0 Å². The largest absolute Gasteiger partial charge is 0.328 e. The van der Waals surface area contributed by atoms with E-state index in [-0.39, 0.29) is 11.6 Å². The van der Waals surface area contributed by atoms with E-state index >= 15 is 0 Å². The minimum Gasteiger partial charge on any atom is -0.328 e. The average molecular weight is 315 g/mol. The number of halogens is 1. The summed E-state index contributed by atoms with van der Waals surface area (Å²) in [5, 5.41) is 6.73. The number of nitrogens with one attached hydrogen (secondary N) is 2. The van der Waals surface area contributed by atoms with Crippen LogP contribution in [0.4, 0.5) is 10.5 Å². The van der Waals surface area contributed by atoms with Gasteiger partial charge in [-0.05, 0) is 67.6 Å². The van der Waals surface area contributed by atoms with Crippen LogP contribution in [0.3, 0.4) is 0 Å². The van der Waals surface area contributed by atoms with Gasteiger partial charge in [-0.1, -0.05) is 29.8 Å². The van der Waals surface area contributed by atoms with Gasteiger partial charge >= 0.3 is 6.03 Å².